The standard InChI is InChI=1S/C8H14OS/c9-5-1-3-8-4-2-6-10-7-8/h5,8H,1-4,6-7H2. The van der Waals surface area contributed by atoms with Crippen LogP contribution in [0.3, 0.4) is 0 Å². The van der Waals surface area contributed by atoms with E-state index in [1.807, 2.05) is 11.8 Å². The highest BCUT2D eigenvalue weighted by molar-refractivity contribution is 7.99. The van der Waals surface area contributed by atoms with Gasteiger partial charge in [-0.2, -0.15) is 11.8 Å². The van der Waals surface area contributed by atoms with Gasteiger partial charge in [-0.3, -0.25) is 0 Å². The van der Waals surface area contributed by atoms with Crippen molar-refractivity contribution in [1.82, 2.24) is 0 Å². The van der Waals surface area contributed by atoms with E-state index in [0.717, 1.165) is 25.0 Å². The molecule has 2 heteroatoms. The molecule has 1 fully saturated rings. The van der Waals surface area contributed by atoms with Gasteiger partial charge in [0.15, 0.2) is 0 Å². The molecule has 0 bridgehead atoms. The van der Waals surface area contributed by atoms with Crippen molar-refractivity contribution in [3.05, 3.63) is 0 Å². The molecule has 1 saturated heterocycles. The second-order valence-corrected chi connectivity index (χ2v) is 3.98. The molecule has 1 nitrogen and oxygen atoms in total. The van der Waals surface area contributed by atoms with Crippen molar-refractivity contribution in [2.24, 2.45) is 5.92 Å². The highest BCUT2D eigenvalue weighted by Crippen LogP contribution is 2.25. The molecule has 0 aromatic heterocycles. The second kappa shape index (κ2) is 4.78. The lowest BCUT2D eigenvalue weighted by atomic mass is 10.0. The van der Waals surface area contributed by atoms with Crippen LogP contribution in [0.4, 0.5) is 0 Å². The first kappa shape index (κ1) is 8.12. The summed E-state index contributed by atoms with van der Waals surface area (Å²) >= 11 is 2.04. The zero-order valence-corrected chi connectivity index (χ0v) is 7.03. The summed E-state index contributed by atoms with van der Waals surface area (Å²) in [5.74, 6) is 3.45. The van der Waals surface area contributed by atoms with Gasteiger partial charge in [0.2, 0.25) is 0 Å². The molecule has 58 valence electrons. The second-order valence-electron chi connectivity index (χ2n) is 2.83. The van der Waals surface area contributed by atoms with E-state index < -0.39 is 0 Å². The predicted molar refractivity (Wildman–Crippen MR) is 45.3 cm³/mol. The minimum Gasteiger partial charge on any atom is -0.303 e. The third-order valence-corrected chi connectivity index (χ3v) is 3.23. The Bertz CT molecular complexity index is 97.4. The molecule has 1 aliphatic rings. The summed E-state index contributed by atoms with van der Waals surface area (Å²) in [6.45, 7) is 0. The molecular weight excluding hydrogens is 144 g/mol. The average Bonchev–Trinajstić information content (AvgIpc) is 2.03. The summed E-state index contributed by atoms with van der Waals surface area (Å²) in [6, 6.07) is 0. The quantitative estimate of drug-likeness (QED) is 0.585. The lowest BCUT2D eigenvalue weighted by Gasteiger charge is -2.19. The minimum absolute atomic E-state index is 0.769. The maximum Gasteiger partial charge on any atom is 0.120 e. The van der Waals surface area contributed by atoms with Crippen molar-refractivity contribution >= 4 is 18.0 Å². The Kier molecular flexibility index (Phi) is 3.88. The summed E-state index contributed by atoms with van der Waals surface area (Å²) in [5.41, 5.74) is 0. The predicted octanol–water partition coefficient (Wildman–Crippen LogP) is 2.11. The van der Waals surface area contributed by atoms with Gasteiger partial charge in [-0.1, -0.05) is 0 Å². The Balaban J connectivity index is 2.07. The number of carbonyl (C=O) groups is 1. The van der Waals surface area contributed by atoms with E-state index in [0.29, 0.717) is 0 Å². The summed E-state index contributed by atoms with van der Waals surface area (Å²) in [4.78, 5) is 10.0. The lowest BCUT2D eigenvalue weighted by molar-refractivity contribution is -0.108. The molecule has 0 spiro atoms. The Morgan fingerprint density at radius 3 is 3.10 bits per heavy atom. The molecule has 1 heterocycles. The normalized spacial score (nSPS) is 26.2. The van der Waals surface area contributed by atoms with Crippen LogP contribution in [0.25, 0.3) is 0 Å². The van der Waals surface area contributed by atoms with E-state index >= 15 is 0 Å². The van der Waals surface area contributed by atoms with Crippen LogP contribution in [0.1, 0.15) is 25.7 Å². The fourth-order valence-electron chi connectivity index (χ4n) is 1.34. The highest BCUT2D eigenvalue weighted by atomic mass is 32.2. The Hall–Kier alpha value is 0.0200. The molecule has 0 radical (unpaired) electrons. The van der Waals surface area contributed by atoms with E-state index in [2.05, 4.69) is 0 Å². The topological polar surface area (TPSA) is 17.1 Å². The maximum atomic E-state index is 10.0. The van der Waals surface area contributed by atoms with Crippen LogP contribution >= 0.6 is 11.8 Å². The minimum atomic E-state index is 0.769. The van der Waals surface area contributed by atoms with Gasteiger partial charge in [-0.15, -0.1) is 0 Å². The third-order valence-electron chi connectivity index (χ3n) is 1.95. The van der Waals surface area contributed by atoms with Crippen molar-refractivity contribution in [2.75, 3.05) is 11.5 Å². The van der Waals surface area contributed by atoms with Gasteiger partial charge in [0.25, 0.3) is 0 Å². The summed E-state index contributed by atoms with van der Waals surface area (Å²) in [6.07, 6.45) is 5.63. The van der Waals surface area contributed by atoms with Crippen molar-refractivity contribution in [3.63, 3.8) is 0 Å². The summed E-state index contributed by atoms with van der Waals surface area (Å²) < 4.78 is 0. The average molecular weight is 158 g/mol. The van der Waals surface area contributed by atoms with Gasteiger partial charge in [0.1, 0.15) is 6.29 Å². The van der Waals surface area contributed by atoms with E-state index in [4.69, 9.17) is 0 Å². The lowest BCUT2D eigenvalue weighted by Crippen LogP contribution is -2.10. The number of hydrogen-bond donors (Lipinski definition) is 0. The molecule has 1 aliphatic heterocycles. The number of carbonyl (C=O) groups excluding carboxylic acids is 1. The fourth-order valence-corrected chi connectivity index (χ4v) is 2.54. The van der Waals surface area contributed by atoms with E-state index in [1.165, 1.54) is 24.3 Å². The first-order chi connectivity index (χ1) is 4.93. The van der Waals surface area contributed by atoms with Crippen LogP contribution < -0.4 is 0 Å². The zero-order chi connectivity index (χ0) is 7.23. The SMILES string of the molecule is O=CCCC1CCCSC1. The molecule has 0 aromatic carbocycles. The van der Waals surface area contributed by atoms with Crippen LogP contribution in [-0.4, -0.2) is 17.8 Å². The molecule has 10 heavy (non-hydrogen) atoms. The Morgan fingerprint density at radius 2 is 2.50 bits per heavy atom. The molecule has 0 aliphatic carbocycles. The molecule has 0 N–H and O–H groups in total. The van der Waals surface area contributed by atoms with Crippen molar-refractivity contribution in [2.45, 2.75) is 25.7 Å². The summed E-state index contributed by atoms with van der Waals surface area (Å²) in [5, 5.41) is 0. The highest BCUT2D eigenvalue weighted by Gasteiger charge is 2.12. The van der Waals surface area contributed by atoms with E-state index in [1.54, 1.807) is 0 Å². The Morgan fingerprint density at radius 1 is 1.60 bits per heavy atom. The number of thioether (sulfide) groups is 1. The fraction of sp³-hybridized carbons (Fsp3) is 0.875. The van der Waals surface area contributed by atoms with E-state index in [9.17, 15) is 4.79 Å². The van der Waals surface area contributed by atoms with Crippen molar-refractivity contribution in [1.29, 1.82) is 0 Å². The first-order valence-electron chi connectivity index (χ1n) is 3.95. The number of aldehydes is 1. The molecule has 0 saturated carbocycles. The molecule has 1 unspecified atom stereocenters. The van der Waals surface area contributed by atoms with Crippen LogP contribution in [0.15, 0.2) is 0 Å². The van der Waals surface area contributed by atoms with Crippen LogP contribution in [-0.2, 0) is 4.79 Å². The van der Waals surface area contributed by atoms with Gasteiger partial charge in [0.05, 0.1) is 0 Å². The summed E-state index contributed by atoms with van der Waals surface area (Å²) in [7, 11) is 0. The van der Waals surface area contributed by atoms with Gasteiger partial charge in [-0.05, 0) is 36.7 Å². The first-order valence-corrected chi connectivity index (χ1v) is 5.10. The number of rotatable bonds is 3. The monoisotopic (exact) mass is 158 g/mol. The van der Waals surface area contributed by atoms with Crippen LogP contribution in [0.5, 0.6) is 0 Å². The van der Waals surface area contributed by atoms with Gasteiger partial charge >= 0.3 is 0 Å². The van der Waals surface area contributed by atoms with Crippen molar-refractivity contribution in [3.8, 4) is 0 Å². The van der Waals surface area contributed by atoms with Gasteiger partial charge in [-0.25, -0.2) is 0 Å². The molecule has 0 amide bonds. The van der Waals surface area contributed by atoms with Gasteiger partial charge < -0.3 is 4.79 Å². The van der Waals surface area contributed by atoms with E-state index in [-0.39, 0.29) is 0 Å². The molecule has 0 aromatic rings. The third kappa shape index (κ3) is 2.74. The smallest absolute Gasteiger partial charge is 0.120 e. The van der Waals surface area contributed by atoms with Crippen molar-refractivity contribution < 1.29 is 4.79 Å². The Labute approximate surface area is 66.6 Å². The van der Waals surface area contributed by atoms with Crippen LogP contribution in [0.2, 0.25) is 0 Å². The zero-order valence-electron chi connectivity index (χ0n) is 6.21. The number of hydrogen-bond acceptors (Lipinski definition) is 2. The molecular formula is C8H14OS. The largest absolute Gasteiger partial charge is 0.303 e. The maximum absolute atomic E-state index is 10.0. The van der Waals surface area contributed by atoms with Crippen LogP contribution in [0, 0.1) is 5.92 Å². The van der Waals surface area contributed by atoms with Gasteiger partial charge in [0, 0.05) is 6.42 Å². The molecule has 1 rings (SSSR count). The molecule has 1 atom stereocenters.